The van der Waals surface area contributed by atoms with Gasteiger partial charge in [0.25, 0.3) is 5.91 Å². The van der Waals surface area contributed by atoms with E-state index in [-0.39, 0.29) is 19.0 Å². The van der Waals surface area contributed by atoms with E-state index in [1.54, 1.807) is 7.11 Å². The second kappa shape index (κ2) is 9.03. The minimum atomic E-state index is -0.598. The molecule has 28 heavy (non-hydrogen) atoms. The summed E-state index contributed by atoms with van der Waals surface area (Å²) in [7, 11) is 1.57. The van der Waals surface area contributed by atoms with Crippen LogP contribution in [0.3, 0.4) is 0 Å². The number of hydrogen-bond donors (Lipinski definition) is 2. The monoisotopic (exact) mass is 381 g/mol. The number of imide groups is 1. The Hall–Kier alpha value is -3.35. The Morgan fingerprint density at radius 1 is 1.11 bits per heavy atom. The summed E-state index contributed by atoms with van der Waals surface area (Å²) >= 11 is 0. The second-order valence-electron chi connectivity index (χ2n) is 6.58. The van der Waals surface area contributed by atoms with Crippen molar-refractivity contribution in [1.82, 2.24) is 15.5 Å². The first-order valence-corrected chi connectivity index (χ1v) is 9.12. The molecule has 1 aliphatic heterocycles. The molecule has 1 atom stereocenters. The molecular weight excluding hydrogens is 358 g/mol. The Labute approximate surface area is 163 Å². The van der Waals surface area contributed by atoms with E-state index in [4.69, 9.17) is 4.74 Å². The van der Waals surface area contributed by atoms with Crippen LogP contribution in [0.5, 0.6) is 5.75 Å². The smallest absolute Gasteiger partial charge is 0.325 e. The van der Waals surface area contributed by atoms with Crippen LogP contribution in [-0.2, 0) is 22.6 Å². The first-order chi connectivity index (χ1) is 13.6. The van der Waals surface area contributed by atoms with Gasteiger partial charge in [0.2, 0.25) is 5.91 Å². The van der Waals surface area contributed by atoms with Crippen LogP contribution in [0.4, 0.5) is 4.79 Å². The number of carbonyl (C=O) groups excluding carboxylic acids is 3. The number of ether oxygens (including phenoxy) is 1. The topological polar surface area (TPSA) is 87.7 Å². The molecule has 1 fully saturated rings. The second-order valence-corrected chi connectivity index (χ2v) is 6.58. The molecule has 0 unspecified atom stereocenters. The van der Waals surface area contributed by atoms with Crippen LogP contribution < -0.4 is 15.4 Å². The summed E-state index contributed by atoms with van der Waals surface area (Å²) in [6.45, 7) is -0.00636. The van der Waals surface area contributed by atoms with Crippen molar-refractivity contribution in [2.45, 2.75) is 25.4 Å². The van der Waals surface area contributed by atoms with E-state index in [1.165, 1.54) is 0 Å². The van der Waals surface area contributed by atoms with E-state index in [0.717, 1.165) is 16.0 Å². The molecule has 3 rings (SSSR count). The first-order valence-electron chi connectivity index (χ1n) is 9.12. The van der Waals surface area contributed by atoms with Gasteiger partial charge in [0, 0.05) is 6.54 Å². The van der Waals surface area contributed by atoms with Crippen molar-refractivity contribution in [2.75, 3.05) is 13.7 Å². The molecule has 4 amide bonds. The van der Waals surface area contributed by atoms with Crippen LogP contribution in [0.15, 0.2) is 54.6 Å². The lowest BCUT2D eigenvalue weighted by molar-refractivity contribution is -0.132. The Morgan fingerprint density at radius 3 is 2.61 bits per heavy atom. The van der Waals surface area contributed by atoms with Crippen LogP contribution in [-0.4, -0.2) is 42.4 Å². The van der Waals surface area contributed by atoms with Gasteiger partial charge in [0.05, 0.1) is 7.11 Å². The van der Waals surface area contributed by atoms with Crippen LogP contribution >= 0.6 is 0 Å². The largest absolute Gasteiger partial charge is 0.497 e. The quantitative estimate of drug-likeness (QED) is 0.684. The molecule has 1 heterocycles. The van der Waals surface area contributed by atoms with Gasteiger partial charge in [-0.3, -0.25) is 14.5 Å². The highest BCUT2D eigenvalue weighted by Gasteiger charge is 2.38. The van der Waals surface area contributed by atoms with Gasteiger partial charge in [-0.2, -0.15) is 0 Å². The van der Waals surface area contributed by atoms with Crippen molar-refractivity contribution >= 4 is 17.8 Å². The van der Waals surface area contributed by atoms with Gasteiger partial charge in [0.1, 0.15) is 18.3 Å². The van der Waals surface area contributed by atoms with E-state index in [2.05, 4.69) is 10.6 Å². The zero-order chi connectivity index (χ0) is 19.9. The Bertz CT molecular complexity index is 854. The van der Waals surface area contributed by atoms with Crippen molar-refractivity contribution in [3.63, 3.8) is 0 Å². The van der Waals surface area contributed by atoms with Crippen LogP contribution in [0.25, 0.3) is 0 Å². The number of carbonyl (C=O) groups is 3. The van der Waals surface area contributed by atoms with E-state index in [1.807, 2.05) is 54.6 Å². The normalized spacial score (nSPS) is 16.0. The maximum Gasteiger partial charge on any atom is 0.325 e. The third-order valence-corrected chi connectivity index (χ3v) is 4.60. The zero-order valence-corrected chi connectivity index (χ0v) is 15.7. The summed E-state index contributed by atoms with van der Waals surface area (Å²) in [6.07, 6.45) is 1.17. The SMILES string of the molecule is COc1cccc(CNC(=O)CN2C(=O)N[C@H](CCc3ccccc3)C2=O)c1. The third-order valence-electron chi connectivity index (χ3n) is 4.60. The molecule has 0 bridgehead atoms. The molecular formula is C21H23N3O4. The number of amides is 4. The van der Waals surface area contributed by atoms with Gasteiger partial charge < -0.3 is 15.4 Å². The summed E-state index contributed by atoms with van der Waals surface area (Å²) in [5.41, 5.74) is 1.96. The standard InChI is InChI=1S/C21H23N3O4/c1-28-17-9-5-8-16(12-17)13-22-19(25)14-24-20(26)18(23-21(24)27)11-10-15-6-3-2-4-7-15/h2-9,12,18H,10-11,13-14H2,1H3,(H,22,25)(H,23,27)/t18-/m1/s1. The molecule has 0 radical (unpaired) electrons. The maximum absolute atomic E-state index is 12.5. The lowest BCUT2D eigenvalue weighted by atomic mass is 10.1. The molecule has 2 aromatic carbocycles. The molecule has 2 aromatic rings. The van der Waals surface area contributed by atoms with Gasteiger partial charge in [-0.15, -0.1) is 0 Å². The Balaban J connectivity index is 1.49. The summed E-state index contributed by atoms with van der Waals surface area (Å²) in [4.78, 5) is 37.7. The number of benzene rings is 2. The van der Waals surface area contributed by atoms with Gasteiger partial charge in [-0.25, -0.2) is 4.79 Å². The molecule has 7 heteroatoms. The Morgan fingerprint density at radius 2 is 1.86 bits per heavy atom. The maximum atomic E-state index is 12.5. The molecule has 0 aromatic heterocycles. The summed E-state index contributed by atoms with van der Waals surface area (Å²) in [5.74, 6) is -0.0606. The molecule has 2 N–H and O–H groups in total. The van der Waals surface area contributed by atoms with Crippen molar-refractivity contribution < 1.29 is 19.1 Å². The average molecular weight is 381 g/mol. The van der Waals surface area contributed by atoms with E-state index in [9.17, 15) is 14.4 Å². The van der Waals surface area contributed by atoms with Gasteiger partial charge >= 0.3 is 6.03 Å². The number of nitrogens with one attached hydrogen (secondary N) is 2. The fraction of sp³-hybridized carbons (Fsp3) is 0.286. The molecule has 0 spiro atoms. The number of hydrogen-bond acceptors (Lipinski definition) is 4. The van der Waals surface area contributed by atoms with Gasteiger partial charge in [0.15, 0.2) is 0 Å². The molecule has 0 saturated carbocycles. The fourth-order valence-electron chi connectivity index (χ4n) is 3.06. The summed E-state index contributed by atoms with van der Waals surface area (Å²) in [5, 5.41) is 5.38. The highest BCUT2D eigenvalue weighted by atomic mass is 16.5. The van der Waals surface area contributed by atoms with Crippen molar-refractivity contribution in [3.05, 3.63) is 65.7 Å². The predicted molar refractivity (Wildman–Crippen MR) is 104 cm³/mol. The number of rotatable bonds is 8. The van der Waals surface area contributed by atoms with E-state index < -0.39 is 18.0 Å². The number of nitrogens with zero attached hydrogens (tertiary/aromatic N) is 1. The number of aryl methyl sites for hydroxylation is 1. The van der Waals surface area contributed by atoms with E-state index in [0.29, 0.717) is 18.6 Å². The van der Waals surface area contributed by atoms with Crippen molar-refractivity contribution in [2.24, 2.45) is 0 Å². The Kier molecular flexibility index (Phi) is 6.26. The van der Waals surface area contributed by atoms with Crippen LogP contribution in [0, 0.1) is 0 Å². The van der Waals surface area contributed by atoms with Crippen LogP contribution in [0.2, 0.25) is 0 Å². The number of methoxy groups -OCH3 is 1. The molecule has 146 valence electrons. The first kappa shape index (κ1) is 19.4. The highest BCUT2D eigenvalue weighted by molar-refractivity contribution is 6.06. The minimum absolute atomic E-state index is 0.289. The third kappa shape index (κ3) is 4.88. The summed E-state index contributed by atoms with van der Waals surface area (Å²) in [6, 6.07) is 15.9. The molecule has 1 saturated heterocycles. The lowest BCUT2D eigenvalue weighted by Gasteiger charge is -2.13. The van der Waals surface area contributed by atoms with E-state index >= 15 is 0 Å². The fourth-order valence-corrected chi connectivity index (χ4v) is 3.06. The van der Waals surface area contributed by atoms with Gasteiger partial charge in [-0.1, -0.05) is 42.5 Å². The van der Waals surface area contributed by atoms with Crippen molar-refractivity contribution in [3.8, 4) is 5.75 Å². The predicted octanol–water partition coefficient (Wildman–Crippen LogP) is 1.86. The number of urea groups is 1. The van der Waals surface area contributed by atoms with Crippen molar-refractivity contribution in [1.29, 1.82) is 0 Å². The minimum Gasteiger partial charge on any atom is -0.497 e. The zero-order valence-electron chi connectivity index (χ0n) is 15.7. The summed E-state index contributed by atoms with van der Waals surface area (Å²) < 4.78 is 5.15. The molecule has 0 aliphatic carbocycles. The highest BCUT2D eigenvalue weighted by Crippen LogP contribution is 2.14. The molecule has 7 nitrogen and oxygen atoms in total. The lowest BCUT2D eigenvalue weighted by Crippen LogP contribution is -2.41. The van der Waals surface area contributed by atoms with Crippen LogP contribution in [0.1, 0.15) is 17.5 Å². The average Bonchev–Trinajstić information content (AvgIpc) is 2.99. The van der Waals surface area contributed by atoms with Gasteiger partial charge in [-0.05, 0) is 36.1 Å². The molecule has 1 aliphatic rings.